The molecule has 1 aromatic carbocycles. The molecule has 4 rings (SSSR count). The van der Waals surface area contributed by atoms with Gasteiger partial charge in [0, 0.05) is 19.5 Å². The Balaban J connectivity index is 1.51. The average Bonchev–Trinajstić information content (AvgIpc) is 3.34. The number of ether oxygens (including phenoxy) is 2. The molecule has 2 aliphatic rings. The fraction of sp³-hybridized carbons (Fsp3) is 0.526. The standard InChI is InChI=1S/C19H23ClN4O6/c20-13-9-12(16-17(15(13)21)29-8-7-28-16)18-22-24(19(27)30-18)11-4-6-23(10-11)5-2-1-3-14(25)26/h9,11H,1-8,10,21H2,(H,25,26)/t11-/m0/s1. The lowest BCUT2D eigenvalue weighted by Crippen LogP contribution is -2.27. The number of nitrogen functional groups attached to an aromatic ring is 1. The smallest absolute Gasteiger partial charge is 0.437 e. The van der Waals surface area contributed by atoms with Gasteiger partial charge in [0.05, 0.1) is 22.3 Å². The van der Waals surface area contributed by atoms with E-state index < -0.39 is 11.7 Å². The molecular formula is C19H23ClN4O6. The van der Waals surface area contributed by atoms with Crippen molar-refractivity contribution in [3.05, 3.63) is 21.6 Å². The molecular weight excluding hydrogens is 416 g/mol. The van der Waals surface area contributed by atoms with Gasteiger partial charge in [0.1, 0.15) is 13.2 Å². The van der Waals surface area contributed by atoms with Crippen molar-refractivity contribution in [3.8, 4) is 23.0 Å². The number of fused-ring (bicyclic) bond motifs is 1. The summed E-state index contributed by atoms with van der Waals surface area (Å²) >= 11 is 6.22. The number of aromatic nitrogens is 2. The molecule has 30 heavy (non-hydrogen) atoms. The van der Waals surface area contributed by atoms with Gasteiger partial charge < -0.3 is 29.6 Å². The zero-order valence-corrected chi connectivity index (χ0v) is 17.1. The molecule has 1 fully saturated rings. The number of nitrogens with zero attached hydrogens (tertiary/aromatic N) is 3. The zero-order chi connectivity index (χ0) is 21.3. The van der Waals surface area contributed by atoms with Gasteiger partial charge in [-0.3, -0.25) is 4.79 Å². The summed E-state index contributed by atoms with van der Waals surface area (Å²) in [5, 5.41) is 13.4. The van der Waals surface area contributed by atoms with Crippen molar-refractivity contribution < 1.29 is 23.8 Å². The quantitative estimate of drug-likeness (QED) is 0.491. The van der Waals surface area contributed by atoms with Crippen molar-refractivity contribution in [3.63, 3.8) is 0 Å². The van der Waals surface area contributed by atoms with E-state index in [1.807, 2.05) is 0 Å². The molecule has 1 aromatic heterocycles. The van der Waals surface area contributed by atoms with Crippen molar-refractivity contribution >= 4 is 23.3 Å². The van der Waals surface area contributed by atoms with Gasteiger partial charge in [0.15, 0.2) is 11.5 Å². The second kappa shape index (κ2) is 8.57. The van der Waals surface area contributed by atoms with Crippen LogP contribution in [0.2, 0.25) is 5.02 Å². The van der Waals surface area contributed by atoms with Gasteiger partial charge in [-0.05, 0) is 31.9 Å². The van der Waals surface area contributed by atoms with Gasteiger partial charge in [0.2, 0.25) is 0 Å². The molecule has 3 heterocycles. The summed E-state index contributed by atoms with van der Waals surface area (Å²) in [6.45, 7) is 2.94. The molecule has 11 heteroatoms. The van der Waals surface area contributed by atoms with Crippen LogP contribution >= 0.6 is 11.6 Å². The normalized spacial score (nSPS) is 18.6. The molecule has 0 radical (unpaired) electrons. The van der Waals surface area contributed by atoms with Gasteiger partial charge in [0.25, 0.3) is 5.89 Å². The maximum absolute atomic E-state index is 12.5. The summed E-state index contributed by atoms with van der Waals surface area (Å²) in [7, 11) is 0. The molecule has 0 amide bonds. The van der Waals surface area contributed by atoms with E-state index in [4.69, 9.17) is 36.3 Å². The molecule has 2 aromatic rings. The third-order valence-electron chi connectivity index (χ3n) is 5.31. The van der Waals surface area contributed by atoms with Crippen LogP contribution in [0, 0.1) is 0 Å². The van der Waals surface area contributed by atoms with Gasteiger partial charge >= 0.3 is 11.7 Å². The van der Waals surface area contributed by atoms with E-state index in [-0.39, 0.29) is 29.1 Å². The van der Waals surface area contributed by atoms with Crippen LogP contribution in [0.5, 0.6) is 11.5 Å². The van der Waals surface area contributed by atoms with E-state index >= 15 is 0 Å². The molecule has 0 bridgehead atoms. The largest absolute Gasteiger partial charge is 0.485 e. The third kappa shape index (κ3) is 4.10. The highest BCUT2D eigenvalue weighted by Crippen LogP contribution is 2.46. The van der Waals surface area contributed by atoms with Crippen LogP contribution in [0.3, 0.4) is 0 Å². The minimum absolute atomic E-state index is 0.101. The fourth-order valence-corrected chi connectivity index (χ4v) is 4.01. The van der Waals surface area contributed by atoms with E-state index in [2.05, 4.69) is 10.00 Å². The Labute approximate surface area is 177 Å². The van der Waals surface area contributed by atoms with Crippen molar-refractivity contribution in [2.45, 2.75) is 31.7 Å². The van der Waals surface area contributed by atoms with Gasteiger partial charge in [-0.15, -0.1) is 5.10 Å². The minimum atomic E-state index is -0.782. The topological polar surface area (TPSA) is 133 Å². The number of halogens is 1. The van der Waals surface area contributed by atoms with E-state index in [1.165, 1.54) is 4.68 Å². The molecule has 3 N–H and O–H groups in total. The molecule has 162 valence electrons. The van der Waals surface area contributed by atoms with E-state index in [9.17, 15) is 9.59 Å². The number of nitrogens with two attached hydrogens (primary N) is 1. The second-order valence-electron chi connectivity index (χ2n) is 7.39. The maximum Gasteiger partial charge on any atom is 0.437 e. The van der Waals surface area contributed by atoms with Crippen LogP contribution in [0.1, 0.15) is 31.7 Å². The molecule has 2 aliphatic heterocycles. The molecule has 1 saturated heterocycles. The predicted octanol–water partition coefficient (Wildman–Crippen LogP) is 2.01. The zero-order valence-electron chi connectivity index (χ0n) is 16.3. The third-order valence-corrected chi connectivity index (χ3v) is 5.62. The summed E-state index contributed by atoms with van der Waals surface area (Å²) in [5.74, 6) is -0.544. The van der Waals surface area contributed by atoms with Crippen LogP contribution < -0.4 is 21.0 Å². The molecule has 0 saturated carbocycles. The maximum atomic E-state index is 12.5. The number of hydrogen-bond acceptors (Lipinski definition) is 8. The SMILES string of the molecule is Nc1c(Cl)cc(-c2nn([C@H]3CCN(CCCCC(=O)O)C3)c(=O)o2)c2c1OCCO2. The molecule has 0 aliphatic carbocycles. The van der Waals surface area contributed by atoms with Crippen LogP contribution in [-0.2, 0) is 4.79 Å². The number of likely N-dealkylation sites (tertiary alicyclic amines) is 1. The first-order valence-corrected chi connectivity index (χ1v) is 10.2. The molecule has 1 atom stereocenters. The Hall–Kier alpha value is -2.72. The second-order valence-corrected chi connectivity index (χ2v) is 7.79. The lowest BCUT2D eigenvalue weighted by atomic mass is 10.1. The van der Waals surface area contributed by atoms with Crippen molar-refractivity contribution in [2.24, 2.45) is 0 Å². The number of rotatable bonds is 7. The highest BCUT2D eigenvalue weighted by atomic mass is 35.5. The molecule has 10 nitrogen and oxygen atoms in total. The number of hydrogen-bond donors (Lipinski definition) is 2. The summed E-state index contributed by atoms with van der Waals surface area (Å²) in [6.07, 6.45) is 2.36. The summed E-state index contributed by atoms with van der Waals surface area (Å²) < 4.78 is 18.0. The van der Waals surface area contributed by atoms with Crippen molar-refractivity contribution in [2.75, 3.05) is 38.6 Å². The Morgan fingerprint density at radius 3 is 2.83 bits per heavy atom. The number of benzene rings is 1. The van der Waals surface area contributed by atoms with Crippen LogP contribution in [0.4, 0.5) is 5.69 Å². The van der Waals surface area contributed by atoms with Crippen LogP contribution in [-0.4, -0.2) is 58.6 Å². The van der Waals surface area contributed by atoms with Gasteiger partial charge in [-0.2, -0.15) is 4.68 Å². The fourth-order valence-electron chi connectivity index (χ4n) is 3.81. The average molecular weight is 439 g/mol. The van der Waals surface area contributed by atoms with Crippen molar-refractivity contribution in [1.29, 1.82) is 0 Å². The minimum Gasteiger partial charge on any atom is -0.485 e. The number of unbranched alkanes of at least 4 members (excludes halogenated alkanes) is 1. The number of aliphatic carboxylic acids is 1. The number of carboxylic acid groups (broad SMARTS) is 1. The number of anilines is 1. The molecule has 0 unspecified atom stereocenters. The van der Waals surface area contributed by atoms with Crippen LogP contribution in [0.25, 0.3) is 11.5 Å². The van der Waals surface area contributed by atoms with E-state index in [0.717, 1.165) is 25.9 Å². The lowest BCUT2D eigenvalue weighted by molar-refractivity contribution is -0.137. The monoisotopic (exact) mass is 438 g/mol. The highest BCUT2D eigenvalue weighted by molar-refractivity contribution is 6.34. The van der Waals surface area contributed by atoms with Gasteiger partial charge in [-0.1, -0.05) is 11.6 Å². The Bertz CT molecular complexity index is 1000. The lowest BCUT2D eigenvalue weighted by Gasteiger charge is -2.22. The van der Waals surface area contributed by atoms with Crippen molar-refractivity contribution in [1.82, 2.24) is 14.7 Å². The number of carbonyl (C=O) groups is 1. The van der Waals surface area contributed by atoms with Crippen LogP contribution in [0.15, 0.2) is 15.3 Å². The van der Waals surface area contributed by atoms with E-state index in [1.54, 1.807) is 6.07 Å². The van der Waals surface area contributed by atoms with Gasteiger partial charge in [-0.25, -0.2) is 4.79 Å². The highest BCUT2D eigenvalue weighted by Gasteiger charge is 2.30. The number of carboxylic acids is 1. The Morgan fingerprint density at radius 1 is 1.30 bits per heavy atom. The summed E-state index contributed by atoms with van der Waals surface area (Å²) in [5.41, 5.74) is 6.66. The first kappa shape index (κ1) is 20.5. The summed E-state index contributed by atoms with van der Waals surface area (Å²) in [4.78, 5) is 25.3. The molecule has 0 spiro atoms. The summed E-state index contributed by atoms with van der Waals surface area (Å²) in [6, 6.07) is 1.44. The Kier molecular flexibility index (Phi) is 5.87. The first-order valence-electron chi connectivity index (χ1n) is 9.85. The Morgan fingerprint density at radius 2 is 2.07 bits per heavy atom. The first-order chi connectivity index (χ1) is 14.4. The van der Waals surface area contributed by atoms with E-state index in [0.29, 0.717) is 43.2 Å². The predicted molar refractivity (Wildman–Crippen MR) is 108 cm³/mol.